The smallest absolute Gasteiger partial charge is 0.228 e. The Morgan fingerprint density at radius 3 is 2.67 bits per heavy atom. The number of likely N-dealkylation sites (N-methyl/N-ethyl adjacent to an activating group) is 2. The number of carbonyl (C=O) groups is 1. The molecule has 1 aromatic heterocycles. The molecule has 15 heavy (non-hydrogen) atoms. The first-order valence-corrected chi connectivity index (χ1v) is 5.79. The molecular formula is C10H17N3OS. The third-order valence-corrected chi connectivity index (χ3v) is 2.76. The third kappa shape index (κ3) is 4.40. The van der Waals surface area contributed by atoms with Gasteiger partial charge in [-0.1, -0.05) is 0 Å². The highest BCUT2D eigenvalue weighted by Gasteiger charge is 2.10. The summed E-state index contributed by atoms with van der Waals surface area (Å²) in [6.45, 7) is 1.65. The fourth-order valence-electron chi connectivity index (χ4n) is 1.09. The minimum atomic E-state index is 0.128. The maximum Gasteiger partial charge on any atom is 0.228 e. The lowest BCUT2D eigenvalue weighted by molar-refractivity contribution is -0.129. The second-order valence-corrected chi connectivity index (χ2v) is 4.49. The predicted octanol–water partition coefficient (Wildman–Crippen LogP) is 0.706. The van der Waals surface area contributed by atoms with Gasteiger partial charge in [-0.3, -0.25) is 4.79 Å². The Kier molecular flexibility index (Phi) is 4.71. The standard InChI is InChI=1S/C10H17N3OS/c1-12(2)4-5-13(3)10(14)6-9-7-15-8-11-9/h7-8H,4-6H2,1-3H3. The quantitative estimate of drug-likeness (QED) is 0.743. The van der Waals surface area contributed by atoms with Crippen molar-refractivity contribution in [3.05, 3.63) is 16.6 Å². The Balaban J connectivity index is 2.33. The van der Waals surface area contributed by atoms with Gasteiger partial charge in [-0.2, -0.15) is 0 Å². The highest BCUT2D eigenvalue weighted by Crippen LogP contribution is 2.03. The van der Waals surface area contributed by atoms with Crippen LogP contribution in [0, 0.1) is 0 Å². The summed E-state index contributed by atoms with van der Waals surface area (Å²) >= 11 is 1.52. The molecule has 0 aliphatic heterocycles. The monoisotopic (exact) mass is 227 g/mol. The molecule has 0 fully saturated rings. The highest BCUT2D eigenvalue weighted by molar-refractivity contribution is 7.07. The molecule has 0 saturated carbocycles. The van der Waals surface area contributed by atoms with E-state index in [4.69, 9.17) is 0 Å². The number of rotatable bonds is 5. The van der Waals surface area contributed by atoms with Crippen LogP contribution in [0.5, 0.6) is 0 Å². The van der Waals surface area contributed by atoms with Crippen LogP contribution in [-0.4, -0.2) is 54.9 Å². The largest absolute Gasteiger partial charge is 0.344 e. The van der Waals surface area contributed by atoms with E-state index >= 15 is 0 Å². The van der Waals surface area contributed by atoms with Crippen molar-refractivity contribution in [2.24, 2.45) is 0 Å². The fraction of sp³-hybridized carbons (Fsp3) is 0.600. The summed E-state index contributed by atoms with van der Waals surface area (Å²) in [6, 6.07) is 0. The Bertz CT molecular complexity index is 298. The molecule has 0 aromatic carbocycles. The van der Waals surface area contributed by atoms with E-state index in [-0.39, 0.29) is 5.91 Å². The zero-order valence-corrected chi connectivity index (χ0v) is 10.3. The first kappa shape index (κ1) is 12.1. The van der Waals surface area contributed by atoms with Crippen molar-refractivity contribution >= 4 is 17.2 Å². The molecule has 0 unspecified atom stereocenters. The van der Waals surface area contributed by atoms with Crippen molar-refractivity contribution in [3.8, 4) is 0 Å². The van der Waals surface area contributed by atoms with Crippen LogP contribution in [-0.2, 0) is 11.2 Å². The summed E-state index contributed by atoms with van der Waals surface area (Å²) < 4.78 is 0. The molecule has 0 saturated heterocycles. The third-order valence-electron chi connectivity index (χ3n) is 2.12. The van der Waals surface area contributed by atoms with Gasteiger partial charge in [0.15, 0.2) is 0 Å². The Morgan fingerprint density at radius 1 is 1.40 bits per heavy atom. The van der Waals surface area contributed by atoms with Gasteiger partial charge in [0.25, 0.3) is 0 Å². The van der Waals surface area contributed by atoms with E-state index in [0.717, 1.165) is 18.8 Å². The van der Waals surface area contributed by atoms with Crippen molar-refractivity contribution in [1.29, 1.82) is 0 Å². The fourth-order valence-corrected chi connectivity index (χ4v) is 1.65. The highest BCUT2D eigenvalue weighted by atomic mass is 32.1. The van der Waals surface area contributed by atoms with Crippen LogP contribution >= 0.6 is 11.3 Å². The Morgan fingerprint density at radius 2 is 2.13 bits per heavy atom. The van der Waals surface area contributed by atoms with E-state index < -0.39 is 0 Å². The Labute approximate surface area is 94.5 Å². The molecule has 1 rings (SSSR count). The number of hydrogen-bond acceptors (Lipinski definition) is 4. The molecule has 0 aliphatic carbocycles. The SMILES string of the molecule is CN(C)CCN(C)C(=O)Cc1cscn1. The average molecular weight is 227 g/mol. The molecule has 1 aromatic rings. The van der Waals surface area contributed by atoms with Crippen molar-refractivity contribution in [3.63, 3.8) is 0 Å². The van der Waals surface area contributed by atoms with Gasteiger partial charge in [0, 0.05) is 25.5 Å². The molecule has 0 bridgehead atoms. The van der Waals surface area contributed by atoms with Crippen LogP contribution in [0.2, 0.25) is 0 Å². The first-order chi connectivity index (χ1) is 7.09. The molecule has 1 amide bonds. The van der Waals surface area contributed by atoms with Gasteiger partial charge in [0.1, 0.15) is 0 Å². The minimum Gasteiger partial charge on any atom is -0.344 e. The molecule has 0 radical (unpaired) electrons. The molecule has 5 heteroatoms. The number of hydrogen-bond donors (Lipinski definition) is 0. The van der Waals surface area contributed by atoms with Crippen molar-refractivity contribution in [1.82, 2.24) is 14.8 Å². The van der Waals surface area contributed by atoms with Gasteiger partial charge >= 0.3 is 0 Å². The molecule has 0 aliphatic rings. The summed E-state index contributed by atoms with van der Waals surface area (Å²) in [4.78, 5) is 19.6. The van der Waals surface area contributed by atoms with Gasteiger partial charge in [-0.15, -0.1) is 11.3 Å². The molecule has 0 spiro atoms. The lowest BCUT2D eigenvalue weighted by Crippen LogP contribution is -2.34. The molecule has 0 N–H and O–H groups in total. The van der Waals surface area contributed by atoms with Crippen LogP contribution < -0.4 is 0 Å². The van der Waals surface area contributed by atoms with Gasteiger partial charge in [-0.25, -0.2) is 4.98 Å². The maximum atomic E-state index is 11.7. The van der Waals surface area contributed by atoms with Gasteiger partial charge in [-0.05, 0) is 14.1 Å². The van der Waals surface area contributed by atoms with Gasteiger partial charge < -0.3 is 9.80 Å². The second kappa shape index (κ2) is 5.82. The van der Waals surface area contributed by atoms with Gasteiger partial charge in [0.2, 0.25) is 5.91 Å². The normalized spacial score (nSPS) is 10.7. The molecular weight excluding hydrogens is 210 g/mol. The summed E-state index contributed by atoms with van der Waals surface area (Å²) in [7, 11) is 5.83. The molecule has 1 heterocycles. The van der Waals surface area contributed by atoms with Crippen LogP contribution in [0.3, 0.4) is 0 Å². The first-order valence-electron chi connectivity index (χ1n) is 4.85. The minimum absolute atomic E-state index is 0.128. The molecule has 84 valence electrons. The predicted molar refractivity (Wildman–Crippen MR) is 62.0 cm³/mol. The van der Waals surface area contributed by atoms with Crippen LogP contribution in [0.15, 0.2) is 10.9 Å². The topological polar surface area (TPSA) is 36.4 Å². The van der Waals surface area contributed by atoms with Crippen molar-refractivity contribution in [2.45, 2.75) is 6.42 Å². The van der Waals surface area contributed by atoms with E-state index in [1.165, 1.54) is 11.3 Å². The number of amides is 1. The number of nitrogens with zero attached hydrogens (tertiary/aromatic N) is 3. The molecule has 4 nitrogen and oxygen atoms in total. The van der Waals surface area contributed by atoms with E-state index in [1.54, 1.807) is 10.4 Å². The second-order valence-electron chi connectivity index (χ2n) is 3.78. The van der Waals surface area contributed by atoms with Crippen LogP contribution in [0.25, 0.3) is 0 Å². The molecule has 0 atom stereocenters. The maximum absolute atomic E-state index is 11.7. The van der Waals surface area contributed by atoms with E-state index in [0.29, 0.717) is 6.42 Å². The zero-order valence-electron chi connectivity index (χ0n) is 9.43. The van der Waals surface area contributed by atoms with Crippen molar-refractivity contribution in [2.75, 3.05) is 34.2 Å². The zero-order chi connectivity index (χ0) is 11.3. The van der Waals surface area contributed by atoms with Crippen LogP contribution in [0.4, 0.5) is 0 Å². The average Bonchev–Trinajstić information content (AvgIpc) is 2.66. The number of carbonyl (C=O) groups excluding carboxylic acids is 1. The number of thiazole rings is 1. The lowest BCUT2D eigenvalue weighted by atomic mass is 10.3. The summed E-state index contributed by atoms with van der Waals surface area (Å²) in [6.07, 6.45) is 0.410. The van der Waals surface area contributed by atoms with Crippen molar-refractivity contribution < 1.29 is 4.79 Å². The summed E-state index contributed by atoms with van der Waals surface area (Å²) in [5.41, 5.74) is 2.62. The summed E-state index contributed by atoms with van der Waals surface area (Å²) in [5, 5.41) is 1.91. The number of aromatic nitrogens is 1. The lowest BCUT2D eigenvalue weighted by Gasteiger charge is -2.19. The summed E-state index contributed by atoms with van der Waals surface area (Å²) in [5.74, 6) is 0.128. The Hall–Kier alpha value is -0.940. The van der Waals surface area contributed by atoms with Crippen LogP contribution in [0.1, 0.15) is 5.69 Å². The van der Waals surface area contributed by atoms with E-state index in [2.05, 4.69) is 9.88 Å². The van der Waals surface area contributed by atoms with E-state index in [9.17, 15) is 4.79 Å². The van der Waals surface area contributed by atoms with Gasteiger partial charge in [0.05, 0.1) is 17.6 Å². The van der Waals surface area contributed by atoms with E-state index in [1.807, 2.05) is 26.5 Å².